The third-order valence-electron chi connectivity index (χ3n) is 6.57. The SMILES string of the molecule is COc1cccc(CN(C(=O)CN(c2ccc(C)cc2C)S(=O)(=O)c2ccccc2)[C@@H](C)C(=O)NCC(C)C)c1. The van der Waals surface area contributed by atoms with Gasteiger partial charge in [-0.2, -0.15) is 0 Å². The fourth-order valence-corrected chi connectivity index (χ4v) is 5.82. The Morgan fingerprint density at radius 3 is 2.25 bits per heavy atom. The van der Waals surface area contributed by atoms with Crippen molar-refractivity contribution in [3.05, 3.63) is 89.5 Å². The molecule has 0 aliphatic heterocycles. The lowest BCUT2D eigenvalue weighted by molar-refractivity contribution is -0.139. The Balaban J connectivity index is 2.04. The van der Waals surface area contributed by atoms with Crippen LogP contribution in [0.15, 0.2) is 77.7 Å². The van der Waals surface area contributed by atoms with E-state index >= 15 is 0 Å². The van der Waals surface area contributed by atoms with Crippen molar-refractivity contribution in [2.24, 2.45) is 5.92 Å². The second-order valence-corrected chi connectivity index (χ2v) is 12.2. The number of anilines is 1. The molecule has 1 N–H and O–H groups in total. The zero-order valence-corrected chi connectivity index (χ0v) is 24.9. The molecule has 0 aromatic heterocycles. The quantitative estimate of drug-likeness (QED) is 0.344. The number of nitrogens with zero attached hydrogens (tertiary/aromatic N) is 2. The van der Waals surface area contributed by atoms with Gasteiger partial charge in [0, 0.05) is 13.1 Å². The molecule has 0 aliphatic carbocycles. The molecule has 0 saturated carbocycles. The molecule has 3 aromatic rings. The van der Waals surface area contributed by atoms with E-state index < -0.39 is 28.5 Å². The predicted molar refractivity (Wildman–Crippen MR) is 158 cm³/mol. The van der Waals surface area contributed by atoms with Crippen LogP contribution < -0.4 is 14.4 Å². The summed E-state index contributed by atoms with van der Waals surface area (Å²) < 4.78 is 34.3. The molecule has 2 amide bonds. The van der Waals surface area contributed by atoms with Gasteiger partial charge in [0.25, 0.3) is 10.0 Å². The number of aryl methyl sites for hydroxylation is 2. The van der Waals surface area contributed by atoms with Crippen LogP contribution in [0.2, 0.25) is 0 Å². The molecule has 40 heavy (non-hydrogen) atoms. The van der Waals surface area contributed by atoms with E-state index in [1.165, 1.54) is 17.0 Å². The van der Waals surface area contributed by atoms with Gasteiger partial charge >= 0.3 is 0 Å². The van der Waals surface area contributed by atoms with Crippen LogP contribution in [-0.4, -0.2) is 51.4 Å². The van der Waals surface area contributed by atoms with Gasteiger partial charge in [-0.15, -0.1) is 0 Å². The van der Waals surface area contributed by atoms with Crippen LogP contribution in [0.3, 0.4) is 0 Å². The maximum absolute atomic E-state index is 14.0. The van der Waals surface area contributed by atoms with E-state index in [1.54, 1.807) is 50.4 Å². The highest BCUT2D eigenvalue weighted by Gasteiger charge is 2.33. The van der Waals surface area contributed by atoms with Crippen LogP contribution in [0.5, 0.6) is 5.75 Å². The number of hydrogen-bond donors (Lipinski definition) is 1. The molecule has 0 aliphatic rings. The number of sulfonamides is 1. The van der Waals surface area contributed by atoms with Crippen LogP contribution in [0, 0.1) is 19.8 Å². The van der Waals surface area contributed by atoms with Gasteiger partial charge in [-0.1, -0.05) is 61.9 Å². The van der Waals surface area contributed by atoms with Crippen LogP contribution in [0.25, 0.3) is 0 Å². The molecular formula is C31H39N3O5S. The summed E-state index contributed by atoms with van der Waals surface area (Å²) >= 11 is 0. The molecule has 0 radical (unpaired) electrons. The van der Waals surface area contributed by atoms with Crippen molar-refractivity contribution in [1.29, 1.82) is 0 Å². The highest BCUT2D eigenvalue weighted by molar-refractivity contribution is 7.92. The number of hydrogen-bond acceptors (Lipinski definition) is 5. The summed E-state index contributed by atoms with van der Waals surface area (Å²) in [6.45, 7) is 9.44. The molecule has 214 valence electrons. The zero-order chi connectivity index (χ0) is 29.4. The third kappa shape index (κ3) is 7.63. The molecule has 1 atom stereocenters. The molecule has 3 rings (SSSR count). The lowest BCUT2D eigenvalue weighted by Gasteiger charge is -2.32. The molecule has 0 spiro atoms. The maximum atomic E-state index is 14.0. The average Bonchev–Trinajstić information content (AvgIpc) is 2.93. The van der Waals surface area contributed by atoms with Crippen LogP contribution in [0.1, 0.15) is 37.5 Å². The topological polar surface area (TPSA) is 96.0 Å². The van der Waals surface area contributed by atoms with E-state index in [9.17, 15) is 18.0 Å². The van der Waals surface area contributed by atoms with Gasteiger partial charge in [0.2, 0.25) is 11.8 Å². The summed E-state index contributed by atoms with van der Waals surface area (Å²) in [7, 11) is -2.55. The minimum absolute atomic E-state index is 0.0739. The van der Waals surface area contributed by atoms with Crippen molar-refractivity contribution in [2.75, 3.05) is 24.5 Å². The summed E-state index contributed by atoms with van der Waals surface area (Å²) in [5.74, 6) is 0.0310. The van der Waals surface area contributed by atoms with Gasteiger partial charge in [-0.25, -0.2) is 8.42 Å². The van der Waals surface area contributed by atoms with Gasteiger partial charge in [-0.3, -0.25) is 13.9 Å². The third-order valence-corrected chi connectivity index (χ3v) is 8.34. The highest BCUT2D eigenvalue weighted by Crippen LogP contribution is 2.28. The van der Waals surface area contributed by atoms with E-state index in [4.69, 9.17) is 4.74 Å². The van der Waals surface area contributed by atoms with Gasteiger partial charge in [0.1, 0.15) is 18.3 Å². The van der Waals surface area contributed by atoms with Crippen molar-refractivity contribution < 1.29 is 22.7 Å². The van der Waals surface area contributed by atoms with Gasteiger partial charge in [-0.05, 0) is 68.1 Å². The molecule has 0 bridgehead atoms. The first-order chi connectivity index (χ1) is 18.9. The second-order valence-electron chi connectivity index (χ2n) is 10.3. The van der Waals surface area contributed by atoms with Crippen molar-refractivity contribution in [3.8, 4) is 5.75 Å². The number of benzene rings is 3. The Kier molecular flexibility index (Phi) is 10.3. The standard InChI is InChI=1S/C31H39N3O5S/c1-22(2)19-32-31(36)25(5)33(20-26-11-10-12-27(18-26)39-6)30(35)21-34(29-16-15-23(3)17-24(29)4)40(37,38)28-13-8-7-9-14-28/h7-18,22,25H,19-21H2,1-6H3,(H,32,36)/t25-/m0/s1. The highest BCUT2D eigenvalue weighted by atomic mass is 32.2. The largest absolute Gasteiger partial charge is 0.497 e. The molecule has 0 unspecified atom stereocenters. The Labute approximate surface area is 238 Å². The number of methoxy groups -OCH3 is 1. The molecule has 9 heteroatoms. The summed E-state index contributed by atoms with van der Waals surface area (Å²) in [5.41, 5.74) is 2.84. The maximum Gasteiger partial charge on any atom is 0.264 e. The lowest BCUT2D eigenvalue weighted by atomic mass is 10.1. The average molecular weight is 566 g/mol. The fourth-order valence-electron chi connectivity index (χ4n) is 4.32. The normalized spacial score (nSPS) is 12.1. The molecule has 3 aromatic carbocycles. The summed E-state index contributed by atoms with van der Waals surface area (Å²) in [5, 5.41) is 2.89. The summed E-state index contributed by atoms with van der Waals surface area (Å²) in [6, 6.07) is 19.8. The number of ether oxygens (including phenoxy) is 1. The monoisotopic (exact) mass is 565 g/mol. The molecule has 8 nitrogen and oxygen atoms in total. The van der Waals surface area contributed by atoms with Gasteiger partial charge < -0.3 is 15.0 Å². The summed E-state index contributed by atoms with van der Waals surface area (Å²) in [6.07, 6.45) is 0. The van der Waals surface area contributed by atoms with E-state index in [0.29, 0.717) is 18.0 Å². The van der Waals surface area contributed by atoms with Crippen molar-refractivity contribution in [3.63, 3.8) is 0 Å². The lowest BCUT2D eigenvalue weighted by Crippen LogP contribution is -2.51. The number of rotatable bonds is 12. The predicted octanol–water partition coefficient (Wildman–Crippen LogP) is 4.70. The van der Waals surface area contributed by atoms with Crippen LogP contribution in [-0.2, 0) is 26.2 Å². The van der Waals surface area contributed by atoms with Crippen LogP contribution >= 0.6 is 0 Å². The Morgan fingerprint density at radius 1 is 0.925 bits per heavy atom. The number of nitrogens with one attached hydrogen (secondary N) is 1. The Hall–Kier alpha value is -3.85. The molecular weight excluding hydrogens is 526 g/mol. The number of amides is 2. The number of carbonyl (C=O) groups is 2. The van der Waals surface area contributed by atoms with Gasteiger partial charge in [0.05, 0.1) is 17.7 Å². The van der Waals surface area contributed by atoms with E-state index in [-0.39, 0.29) is 23.3 Å². The molecule has 0 fully saturated rings. The second kappa shape index (κ2) is 13.5. The molecule has 0 saturated heterocycles. The number of carbonyl (C=O) groups excluding carboxylic acids is 2. The minimum Gasteiger partial charge on any atom is -0.497 e. The molecule has 0 heterocycles. The zero-order valence-electron chi connectivity index (χ0n) is 24.0. The van der Waals surface area contributed by atoms with Crippen molar-refractivity contribution in [1.82, 2.24) is 10.2 Å². The van der Waals surface area contributed by atoms with Crippen LogP contribution in [0.4, 0.5) is 5.69 Å². The van der Waals surface area contributed by atoms with E-state index in [2.05, 4.69) is 5.32 Å². The van der Waals surface area contributed by atoms with Crippen molar-refractivity contribution >= 4 is 27.5 Å². The smallest absolute Gasteiger partial charge is 0.264 e. The van der Waals surface area contributed by atoms with E-state index in [0.717, 1.165) is 21.0 Å². The fraction of sp³-hybridized carbons (Fsp3) is 0.355. The Bertz CT molecular complexity index is 1420. The minimum atomic E-state index is -4.10. The van der Waals surface area contributed by atoms with E-state index in [1.807, 2.05) is 52.0 Å². The van der Waals surface area contributed by atoms with Gasteiger partial charge in [0.15, 0.2) is 0 Å². The summed E-state index contributed by atoms with van der Waals surface area (Å²) in [4.78, 5) is 28.6. The first-order valence-corrected chi connectivity index (χ1v) is 14.7. The first-order valence-electron chi connectivity index (χ1n) is 13.3. The first kappa shape index (κ1) is 30.7. The van der Waals surface area contributed by atoms with Crippen molar-refractivity contribution in [2.45, 2.75) is 52.1 Å². The Morgan fingerprint density at radius 2 is 1.62 bits per heavy atom.